The van der Waals surface area contributed by atoms with Crippen LogP contribution in [-0.4, -0.2) is 67.0 Å². The van der Waals surface area contributed by atoms with E-state index in [2.05, 4.69) is 10.3 Å². The third kappa shape index (κ3) is 7.42. The van der Waals surface area contributed by atoms with Crippen LogP contribution in [-0.2, 0) is 14.6 Å². The van der Waals surface area contributed by atoms with Crippen molar-refractivity contribution in [2.45, 2.75) is 75.8 Å². The van der Waals surface area contributed by atoms with E-state index in [0.717, 1.165) is 15.7 Å². The first-order chi connectivity index (χ1) is 23.7. The molecule has 13 heteroatoms. The Balaban J connectivity index is 1.63. The predicted octanol–water partition coefficient (Wildman–Crippen LogP) is 6.82. The van der Waals surface area contributed by atoms with Gasteiger partial charge in [0.15, 0.2) is 21.3 Å². The minimum atomic E-state index is -3.79. The molecular formula is C37H45N5O7S. The number of carboxylic acid groups (broad SMARTS) is 1. The second kappa shape index (κ2) is 14.8. The highest BCUT2D eigenvalue weighted by molar-refractivity contribution is 7.92. The zero-order valence-corrected chi connectivity index (χ0v) is 30.0. The first kappa shape index (κ1) is 36.2. The zero-order chi connectivity index (χ0) is 36.3. The van der Waals surface area contributed by atoms with Crippen LogP contribution in [0.3, 0.4) is 0 Å². The normalized spacial score (nSPS) is 15.4. The maximum absolute atomic E-state index is 14.9. The first-order valence-corrected chi connectivity index (χ1v) is 18.3. The third-order valence-corrected chi connectivity index (χ3v) is 11.0. The summed E-state index contributed by atoms with van der Waals surface area (Å²) in [6.07, 6.45) is 1.44. The van der Waals surface area contributed by atoms with E-state index in [0.29, 0.717) is 65.8 Å². The molecule has 1 aromatic heterocycles. The molecule has 0 saturated carbocycles. The highest BCUT2D eigenvalue weighted by Gasteiger charge is 2.38. The fourth-order valence-corrected chi connectivity index (χ4v) is 7.51. The van der Waals surface area contributed by atoms with Gasteiger partial charge in [0.25, 0.3) is 0 Å². The Hall–Kier alpha value is -5.04. The standard InChI is InChI=1S/C37H45N5O7S/c1-7-48-32-20-25(10-14-31(32)49-22(2)3)34(40-26-11-13-28-24(19-26)16-17-39-35(28)38)36(43)42-18-8-9-30(42)29-21-27(41(6)37(44)45)12-15-33(29)50(46,47)23(4)5/h10-17,19-23,30,34,40H,7-9,18H2,1-6H3,(H2,38,39)(H,44,45)/t30-,34+/m1/s1. The molecule has 1 fully saturated rings. The smallest absolute Gasteiger partial charge is 0.411 e. The second-order valence-electron chi connectivity index (χ2n) is 12.9. The van der Waals surface area contributed by atoms with Gasteiger partial charge in [0, 0.05) is 36.6 Å². The summed E-state index contributed by atoms with van der Waals surface area (Å²) in [6, 6.07) is 15.8. The Labute approximate surface area is 293 Å². The number of aromatic nitrogens is 1. The minimum absolute atomic E-state index is 0.0822. The maximum atomic E-state index is 14.9. The Morgan fingerprint density at radius 1 is 1.06 bits per heavy atom. The van der Waals surface area contributed by atoms with Crippen LogP contribution >= 0.6 is 0 Å². The number of nitrogen functional groups attached to an aromatic ring is 1. The molecule has 12 nitrogen and oxygen atoms in total. The Bertz CT molecular complexity index is 2000. The predicted molar refractivity (Wildman–Crippen MR) is 195 cm³/mol. The molecule has 2 heterocycles. The highest BCUT2D eigenvalue weighted by atomic mass is 32.2. The first-order valence-electron chi connectivity index (χ1n) is 16.7. The van der Waals surface area contributed by atoms with Crippen molar-refractivity contribution in [3.05, 3.63) is 78.0 Å². The summed E-state index contributed by atoms with van der Waals surface area (Å²) in [7, 11) is -2.40. The van der Waals surface area contributed by atoms with E-state index in [9.17, 15) is 23.1 Å². The number of anilines is 3. The average molecular weight is 704 g/mol. The number of nitrogens with two attached hydrogens (primary N) is 1. The Kier molecular flexibility index (Phi) is 10.8. The van der Waals surface area contributed by atoms with Crippen molar-refractivity contribution in [2.75, 3.05) is 36.1 Å². The summed E-state index contributed by atoms with van der Waals surface area (Å²) >= 11 is 0. The van der Waals surface area contributed by atoms with E-state index in [-0.39, 0.29) is 16.9 Å². The van der Waals surface area contributed by atoms with Crippen LogP contribution in [0, 0.1) is 0 Å². The number of fused-ring (bicyclic) bond motifs is 1. The van der Waals surface area contributed by atoms with E-state index in [1.165, 1.54) is 19.2 Å². The van der Waals surface area contributed by atoms with Crippen LogP contribution < -0.4 is 25.4 Å². The molecule has 0 bridgehead atoms. The molecule has 1 aliphatic rings. The molecule has 0 aliphatic carbocycles. The van der Waals surface area contributed by atoms with Crippen molar-refractivity contribution in [1.82, 2.24) is 9.88 Å². The van der Waals surface area contributed by atoms with Gasteiger partial charge in [-0.05, 0) is 119 Å². The van der Waals surface area contributed by atoms with Crippen molar-refractivity contribution in [2.24, 2.45) is 0 Å². The number of amides is 2. The summed E-state index contributed by atoms with van der Waals surface area (Å²) in [5.74, 6) is 1.15. The number of hydrogen-bond donors (Lipinski definition) is 3. The minimum Gasteiger partial charge on any atom is -0.490 e. The van der Waals surface area contributed by atoms with E-state index >= 15 is 0 Å². The van der Waals surface area contributed by atoms with Crippen molar-refractivity contribution in [1.29, 1.82) is 0 Å². The molecule has 3 aromatic carbocycles. The van der Waals surface area contributed by atoms with Crippen LogP contribution in [0.1, 0.15) is 70.7 Å². The summed E-state index contributed by atoms with van der Waals surface area (Å²) in [4.78, 5) is 33.8. The highest BCUT2D eigenvalue weighted by Crippen LogP contribution is 2.41. The van der Waals surface area contributed by atoms with Crippen LogP contribution in [0.2, 0.25) is 0 Å². The summed E-state index contributed by atoms with van der Waals surface area (Å²) in [6.45, 7) is 9.67. The van der Waals surface area contributed by atoms with Gasteiger partial charge in [-0.25, -0.2) is 18.2 Å². The molecule has 1 aliphatic heterocycles. The number of carbonyl (C=O) groups excluding carboxylic acids is 1. The number of pyridine rings is 1. The number of hydrogen-bond acceptors (Lipinski definition) is 9. The number of ether oxygens (including phenoxy) is 2. The molecule has 4 aromatic rings. The van der Waals surface area contributed by atoms with Gasteiger partial charge in [0.05, 0.1) is 28.9 Å². The SMILES string of the molecule is CCOc1cc([C@H](Nc2ccc3c(N)nccc3c2)C(=O)N2CCC[C@@H]2c2cc(N(C)C(=O)O)ccc2S(=O)(=O)C(C)C)ccc1OC(C)C. The van der Waals surface area contributed by atoms with Gasteiger partial charge in [0.1, 0.15) is 11.9 Å². The number of nitrogens with one attached hydrogen (secondary N) is 1. The molecule has 1 saturated heterocycles. The lowest BCUT2D eigenvalue weighted by Gasteiger charge is -2.32. The fraction of sp³-hybridized carbons (Fsp3) is 0.378. The number of benzene rings is 3. The largest absolute Gasteiger partial charge is 0.490 e. The quantitative estimate of drug-likeness (QED) is 0.143. The van der Waals surface area contributed by atoms with Crippen LogP contribution in [0.4, 0.5) is 22.0 Å². The van der Waals surface area contributed by atoms with E-state index in [4.69, 9.17) is 15.2 Å². The molecule has 266 valence electrons. The third-order valence-electron chi connectivity index (χ3n) is 8.81. The summed E-state index contributed by atoms with van der Waals surface area (Å²) in [5, 5.41) is 14.0. The number of nitrogens with zero attached hydrogens (tertiary/aromatic N) is 3. The zero-order valence-electron chi connectivity index (χ0n) is 29.2. The van der Waals surface area contributed by atoms with Gasteiger partial charge >= 0.3 is 6.09 Å². The monoisotopic (exact) mass is 703 g/mol. The number of rotatable bonds is 12. The Morgan fingerprint density at radius 3 is 2.50 bits per heavy atom. The molecule has 2 atom stereocenters. The van der Waals surface area contributed by atoms with Gasteiger partial charge in [0.2, 0.25) is 5.91 Å². The van der Waals surface area contributed by atoms with Gasteiger partial charge in [-0.1, -0.05) is 6.07 Å². The van der Waals surface area contributed by atoms with Crippen molar-refractivity contribution in [3.63, 3.8) is 0 Å². The lowest BCUT2D eigenvalue weighted by molar-refractivity contribution is -0.133. The lowest BCUT2D eigenvalue weighted by Crippen LogP contribution is -2.38. The molecule has 0 unspecified atom stereocenters. The molecule has 0 radical (unpaired) electrons. The molecule has 0 spiro atoms. The Morgan fingerprint density at radius 2 is 1.82 bits per heavy atom. The van der Waals surface area contributed by atoms with E-state index in [1.807, 2.05) is 51.1 Å². The van der Waals surface area contributed by atoms with E-state index < -0.39 is 33.3 Å². The maximum Gasteiger partial charge on any atom is 0.411 e. The van der Waals surface area contributed by atoms with E-state index in [1.54, 1.807) is 43.1 Å². The van der Waals surface area contributed by atoms with Gasteiger partial charge in [-0.3, -0.25) is 9.69 Å². The molecule has 50 heavy (non-hydrogen) atoms. The van der Waals surface area contributed by atoms with Gasteiger partial charge in [-0.15, -0.1) is 0 Å². The van der Waals surface area contributed by atoms with Gasteiger partial charge < -0.3 is 30.5 Å². The van der Waals surface area contributed by atoms with Gasteiger partial charge in [-0.2, -0.15) is 0 Å². The second-order valence-corrected chi connectivity index (χ2v) is 15.3. The van der Waals surface area contributed by atoms with Crippen molar-refractivity contribution < 1.29 is 32.6 Å². The number of carbonyl (C=O) groups is 2. The molecular weight excluding hydrogens is 659 g/mol. The number of likely N-dealkylation sites (tertiary alicyclic amines) is 1. The van der Waals surface area contributed by atoms with Crippen molar-refractivity contribution >= 4 is 49.8 Å². The summed E-state index contributed by atoms with van der Waals surface area (Å²) in [5.41, 5.74) is 8.07. The lowest BCUT2D eigenvalue weighted by atomic mass is 10.00. The average Bonchev–Trinajstić information content (AvgIpc) is 3.57. The summed E-state index contributed by atoms with van der Waals surface area (Å²) < 4.78 is 39.3. The topological polar surface area (TPSA) is 164 Å². The number of sulfone groups is 1. The van der Waals surface area contributed by atoms with Crippen LogP contribution in [0.15, 0.2) is 71.8 Å². The van der Waals surface area contributed by atoms with Crippen molar-refractivity contribution in [3.8, 4) is 11.5 Å². The molecule has 4 N–H and O–H groups in total. The molecule has 2 amide bonds. The fourth-order valence-electron chi connectivity index (χ4n) is 6.22. The molecule has 5 rings (SSSR count). The van der Waals surface area contributed by atoms with Crippen LogP contribution in [0.5, 0.6) is 11.5 Å². The van der Waals surface area contributed by atoms with Crippen LogP contribution in [0.25, 0.3) is 10.8 Å².